The van der Waals surface area contributed by atoms with Crippen LogP contribution >= 0.6 is 0 Å². The highest BCUT2D eigenvalue weighted by Gasteiger charge is 2.13. The molecule has 1 aromatic heterocycles. The fourth-order valence-corrected chi connectivity index (χ4v) is 2.57. The van der Waals surface area contributed by atoms with Gasteiger partial charge in [0.05, 0.1) is 5.71 Å². The summed E-state index contributed by atoms with van der Waals surface area (Å²) >= 11 is 0. The monoisotopic (exact) mass is 366 g/mol. The van der Waals surface area contributed by atoms with E-state index in [2.05, 4.69) is 10.5 Å². The van der Waals surface area contributed by atoms with Gasteiger partial charge in [0.25, 0.3) is 5.91 Å². The van der Waals surface area contributed by atoms with Crippen LogP contribution in [0.1, 0.15) is 18.2 Å². The van der Waals surface area contributed by atoms with E-state index in [0.29, 0.717) is 5.75 Å². The number of carbonyl (C=O) groups excluding carboxylic acids is 1. The van der Waals surface area contributed by atoms with E-state index in [-0.39, 0.29) is 29.4 Å². The number of nitrogens with one attached hydrogen (secondary N) is 1. The quantitative estimate of drug-likeness (QED) is 0.534. The molecule has 3 rings (SSSR count). The van der Waals surface area contributed by atoms with Crippen molar-refractivity contribution in [2.45, 2.75) is 13.8 Å². The predicted molar refractivity (Wildman–Crippen MR) is 101 cm³/mol. The molecule has 7 nitrogen and oxygen atoms in total. The molecule has 0 fully saturated rings. The van der Waals surface area contributed by atoms with Crippen molar-refractivity contribution in [3.8, 4) is 11.5 Å². The smallest absolute Gasteiger partial charge is 0.348 e. The lowest BCUT2D eigenvalue weighted by atomic mass is 10.1. The summed E-state index contributed by atoms with van der Waals surface area (Å²) in [7, 11) is 0. The average Bonchev–Trinajstić information content (AvgIpc) is 2.63. The van der Waals surface area contributed by atoms with E-state index in [1.165, 1.54) is 13.0 Å². The van der Waals surface area contributed by atoms with Crippen molar-refractivity contribution in [1.82, 2.24) is 5.43 Å². The molecule has 0 aliphatic rings. The first-order valence-corrected chi connectivity index (χ1v) is 8.23. The van der Waals surface area contributed by atoms with Gasteiger partial charge in [-0.25, -0.2) is 10.2 Å². The van der Waals surface area contributed by atoms with E-state index < -0.39 is 11.5 Å². The summed E-state index contributed by atoms with van der Waals surface area (Å²) in [6.07, 6.45) is 0. The van der Waals surface area contributed by atoms with Gasteiger partial charge >= 0.3 is 5.63 Å². The van der Waals surface area contributed by atoms with Gasteiger partial charge in [-0.15, -0.1) is 0 Å². The number of fused-ring (bicyclic) bond motifs is 1. The van der Waals surface area contributed by atoms with Gasteiger partial charge in [0, 0.05) is 6.07 Å². The largest absolute Gasteiger partial charge is 0.507 e. The van der Waals surface area contributed by atoms with E-state index >= 15 is 0 Å². The van der Waals surface area contributed by atoms with Crippen LogP contribution in [0.25, 0.3) is 10.8 Å². The molecule has 0 spiro atoms. The molecule has 1 heterocycles. The van der Waals surface area contributed by atoms with Crippen LogP contribution in [0.15, 0.2) is 62.8 Å². The summed E-state index contributed by atoms with van der Waals surface area (Å²) in [6, 6.07) is 14.6. The zero-order valence-corrected chi connectivity index (χ0v) is 14.9. The Morgan fingerprint density at radius 1 is 1.19 bits per heavy atom. The molecule has 0 unspecified atom stereocenters. The lowest BCUT2D eigenvalue weighted by Gasteiger charge is -2.07. The first-order chi connectivity index (χ1) is 12.9. The average molecular weight is 366 g/mol. The second-order valence-electron chi connectivity index (χ2n) is 5.93. The van der Waals surface area contributed by atoms with Crippen LogP contribution in [0.2, 0.25) is 0 Å². The molecule has 0 saturated carbocycles. The number of rotatable bonds is 5. The summed E-state index contributed by atoms with van der Waals surface area (Å²) in [5.74, 6) is 0.0772. The first-order valence-electron chi connectivity index (χ1n) is 8.23. The third-order valence-electron chi connectivity index (χ3n) is 3.85. The normalized spacial score (nSPS) is 11.4. The third kappa shape index (κ3) is 4.33. The number of amides is 1. The van der Waals surface area contributed by atoms with Crippen molar-refractivity contribution in [2.75, 3.05) is 6.61 Å². The molecular weight excluding hydrogens is 348 g/mol. The van der Waals surface area contributed by atoms with Gasteiger partial charge in [0.1, 0.15) is 22.8 Å². The van der Waals surface area contributed by atoms with Gasteiger partial charge < -0.3 is 14.3 Å². The Balaban J connectivity index is 1.63. The van der Waals surface area contributed by atoms with Gasteiger partial charge in [-0.2, -0.15) is 5.10 Å². The van der Waals surface area contributed by atoms with Crippen LogP contribution in [0.3, 0.4) is 0 Å². The molecule has 1 amide bonds. The summed E-state index contributed by atoms with van der Waals surface area (Å²) in [6.45, 7) is 2.78. The number of carbonyl (C=O) groups is 1. The number of nitrogens with zero attached hydrogens (tertiary/aromatic N) is 1. The number of aromatic hydroxyl groups is 1. The molecule has 0 saturated heterocycles. The Hall–Kier alpha value is -3.61. The van der Waals surface area contributed by atoms with Crippen LogP contribution < -0.4 is 15.8 Å². The summed E-state index contributed by atoms with van der Waals surface area (Å²) < 4.78 is 10.4. The maximum atomic E-state index is 11.9. The molecule has 0 bridgehead atoms. The minimum atomic E-state index is -0.726. The molecular formula is C20H18N2O5. The summed E-state index contributed by atoms with van der Waals surface area (Å²) in [5, 5.41) is 15.8. The number of hydrogen-bond donors (Lipinski definition) is 2. The number of benzene rings is 2. The van der Waals surface area contributed by atoms with Gasteiger partial charge in [-0.3, -0.25) is 4.79 Å². The number of hydrogen-bond acceptors (Lipinski definition) is 6. The molecule has 138 valence electrons. The molecule has 0 radical (unpaired) electrons. The number of ether oxygens (including phenoxy) is 1. The number of hydrazone groups is 1. The highest BCUT2D eigenvalue weighted by Crippen LogP contribution is 2.20. The first kappa shape index (κ1) is 18.2. The second-order valence-corrected chi connectivity index (χ2v) is 5.93. The van der Waals surface area contributed by atoms with Crippen LogP contribution in [0.5, 0.6) is 11.5 Å². The Morgan fingerprint density at radius 3 is 2.67 bits per heavy atom. The second kappa shape index (κ2) is 7.74. The molecule has 0 aliphatic heterocycles. The van der Waals surface area contributed by atoms with Gasteiger partial charge in [0.15, 0.2) is 6.61 Å². The van der Waals surface area contributed by atoms with Gasteiger partial charge in [-0.05, 0) is 36.8 Å². The van der Waals surface area contributed by atoms with E-state index in [1.54, 1.807) is 13.0 Å². The predicted octanol–water partition coefficient (Wildman–Crippen LogP) is 2.73. The number of aryl methyl sites for hydroxylation is 1. The maximum absolute atomic E-state index is 11.9. The molecule has 2 N–H and O–H groups in total. The minimum absolute atomic E-state index is 0.101. The lowest BCUT2D eigenvalue weighted by molar-refractivity contribution is -0.123. The van der Waals surface area contributed by atoms with Crippen LogP contribution in [-0.4, -0.2) is 23.3 Å². The fourth-order valence-electron chi connectivity index (χ4n) is 2.57. The highest BCUT2D eigenvalue weighted by molar-refractivity contribution is 6.01. The molecule has 0 atom stereocenters. The Bertz CT molecular complexity index is 1090. The maximum Gasteiger partial charge on any atom is 0.348 e. The van der Waals surface area contributed by atoms with E-state index in [4.69, 9.17) is 9.15 Å². The molecule has 27 heavy (non-hydrogen) atoms. The van der Waals surface area contributed by atoms with Crippen molar-refractivity contribution in [3.63, 3.8) is 0 Å². The topological polar surface area (TPSA) is 101 Å². The van der Waals surface area contributed by atoms with Crippen molar-refractivity contribution in [2.24, 2.45) is 5.10 Å². The molecule has 0 aliphatic carbocycles. The fraction of sp³-hybridized carbons (Fsp3) is 0.150. The third-order valence-corrected chi connectivity index (χ3v) is 3.85. The van der Waals surface area contributed by atoms with Crippen molar-refractivity contribution >= 4 is 22.4 Å². The van der Waals surface area contributed by atoms with Crippen molar-refractivity contribution in [3.05, 3.63) is 70.3 Å². The summed E-state index contributed by atoms with van der Waals surface area (Å²) in [4.78, 5) is 23.8. The van der Waals surface area contributed by atoms with E-state index in [9.17, 15) is 14.7 Å². The lowest BCUT2D eigenvalue weighted by Crippen LogP contribution is -2.26. The van der Waals surface area contributed by atoms with E-state index in [1.807, 2.05) is 36.4 Å². The molecule has 3 aromatic rings. The standard InChI is InChI=1S/C20H18N2O5/c1-12-9-17(23)19(20(25)27-12)13(2)21-22-18(24)11-26-16-8-7-14-5-3-4-6-15(14)10-16/h3-10,23H,11H2,1-2H3,(H,22,24)/b21-13-. The zero-order valence-electron chi connectivity index (χ0n) is 14.9. The van der Waals surface area contributed by atoms with Crippen molar-refractivity contribution in [1.29, 1.82) is 0 Å². The van der Waals surface area contributed by atoms with Crippen LogP contribution in [0, 0.1) is 6.92 Å². The highest BCUT2D eigenvalue weighted by atomic mass is 16.5. The van der Waals surface area contributed by atoms with Gasteiger partial charge in [0.2, 0.25) is 0 Å². The molecule has 7 heteroatoms. The van der Waals surface area contributed by atoms with Gasteiger partial charge in [-0.1, -0.05) is 30.3 Å². The SMILES string of the molecule is C/C(=N/NC(=O)COc1ccc2ccccc2c1)c1c(O)cc(C)oc1=O. The van der Waals surface area contributed by atoms with Crippen LogP contribution in [0.4, 0.5) is 0 Å². The molecule has 2 aromatic carbocycles. The Kier molecular flexibility index (Phi) is 5.21. The van der Waals surface area contributed by atoms with E-state index in [0.717, 1.165) is 10.8 Å². The van der Waals surface area contributed by atoms with Crippen LogP contribution in [-0.2, 0) is 4.79 Å². The Labute approximate surface area is 154 Å². The minimum Gasteiger partial charge on any atom is -0.507 e. The zero-order chi connectivity index (χ0) is 19.4. The Morgan fingerprint density at radius 2 is 1.93 bits per heavy atom. The summed E-state index contributed by atoms with van der Waals surface area (Å²) in [5.41, 5.74) is 1.59. The van der Waals surface area contributed by atoms with Crippen molar-refractivity contribution < 1.29 is 19.1 Å².